The van der Waals surface area contributed by atoms with Gasteiger partial charge in [0.25, 0.3) is 5.85 Å². The second kappa shape index (κ2) is 2.74. The molecule has 1 saturated carbocycles. The van der Waals surface area contributed by atoms with Crippen molar-refractivity contribution < 1.29 is 40.2 Å². The van der Waals surface area contributed by atoms with Crippen LogP contribution in [0.15, 0.2) is 0 Å². The fourth-order valence-corrected chi connectivity index (χ4v) is 1.14. The Bertz CT molecular complexity index is 272. The normalized spacial score (nSPS) is 42.6. The molecule has 0 aromatic carbocycles. The van der Waals surface area contributed by atoms with Gasteiger partial charge in [-0.2, -0.15) is 26.3 Å². The summed E-state index contributed by atoms with van der Waals surface area (Å²) in [5, 5.41) is 8.17. The van der Waals surface area contributed by atoms with Gasteiger partial charge < -0.3 is 5.11 Å². The Morgan fingerprint density at radius 2 is 1.27 bits per heavy atom. The second-order valence-electron chi connectivity index (χ2n) is 3.20. The van der Waals surface area contributed by atoms with Gasteiger partial charge in [0.1, 0.15) is 0 Å². The number of rotatable bonds is 0. The first-order valence-electron chi connectivity index (χ1n) is 3.57. The van der Waals surface area contributed by atoms with Gasteiger partial charge >= 0.3 is 17.8 Å². The van der Waals surface area contributed by atoms with Crippen LogP contribution in [-0.2, 0) is 0 Å². The minimum absolute atomic E-state index is 2.41. The molecule has 90 valence electrons. The molecular weight excluding hydrogens is 240 g/mol. The Labute approximate surface area is 77.7 Å². The summed E-state index contributed by atoms with van der Waals surface area (Å²) < 4.78 is 99.0. The molecule has 0 heterocycles. The SMILES string of the molecule is OC1(F)CC(F)C(F)(F)C(F)(F)C1(F)F. The van der Waals surface area contributed by atoms with Gasteiger partial charge in [-0.15, -0.1) is 0 Å². The van der Waals surface area contributed by atoms with Crippen LogP contribution in [0.2, 0.25) is 0 Å². The van der Waals surface area contributed by atoms with Crippen LogP contribution in [0.5, 0.6) is 0 Å². The number of alkyl halides is 8. The highest BCUT2D eigenvalue weighted by Crippen LogP contribution is 2.58. The largest absolute Gasteiger partial charge is 0.380 e. The molecule has 0 aromatic heterocycles. The molecule has 0 aliphatic heterocycles. The fraction of sp³-hybridized carbons (Fsp3) is 1.00. The van der Waals surface area contributed by atoms with Crippen molar-refractivity contribution in [2.75, 3.05) is 0 Å². The van der Waals surface area contributed by atoms with Crippen molar-refractivity contribution in [3.63, 3.8) is 0 Å². The van der Waals surface area contributed by atoms with E-state index in [0.717, 1.165) is 0 Å². The summed E-state index contributed by atoms with van der Waals surface area (Å²) in [6.07, 6.45) is -6.30. The van der Waals surface area contributed by atoms with E-state index >= 15 is 0 Å². The molecule has 0 amide bonds. The average Bonchev–Trinajstić information content (AvgIpc) is 2.00. The first-order valence-corrected chi connectivity index (χ1v) is 3.57. The van der Waals surface area contributed by atoms with E-state index in [-0.39, 0.29) is 0 Å². The minimum Gasteiger partial charge on any atom is -0.357 e. The van der Waals surface area contributed by atoms with Gasteiger partial charge in [-0.1, -0.05) is 0 Å². The zero-order chi connectivity index (χ0) is 12.3. The summed E-state index contributed by atoms with van der Waals surface area (Å²) in [4.78, 5) is 0. The zero-order valence-corrected chi connectivity index (χ0v) is 6.76. The van der Waals surface area contributed by atoms with Crippen LogP contribution in [0.3, 0.4) is 0 Å². The van der Waals surface area contributed by atoms with E-state index in [2.05, 4.69) is 0 Å². The van der Waals surface area contributed by atoms with E-state index in [1.54, 1.807) is 0 Å². The summed E-state index contributed by atoms with van der Waals surface area (Å²) in [6.45, 7) is 0. The van der Waals surface area contributed by atoms with Crippen LogP contribution in [0, 0.1) is 0 Å². The zero-order valence-electron chi connectivity index (χ0n) is 6.76. The van der Waals surface area contributed by atoms with Crippen LogP contribution in [0.1, 0.15) is 6.42 Å². The van der Waals surface area contributed by atoms with Gasteiger partial charge in [-0.25, -0.2) is 8.78 Å². The predicted molar refractivity (Wildman–Crippen MR) is 30.4 cm³/mol. The maximum Gasteiger partial charge on any atom is 0.380 e. The molecule has 2 atom stereocenters. The first kappa shape index (κ1) is 12.5. The summed E-state index contributed by atoms with van der Waals surface area (Å²) in [5.41, 5.74) is 0. The Kier molecular flexibility index (Phi) is 2.28. The van der Waals surface area contributed by atoms with Crippen molar-refractivity contribution in [3.8, 4) is 0 Å². The molecule has 0 bridgehead atoms. The average molecular weight is 244 g/mol. The van der Waals surface area contributed by atoms with Crippen LogP contribution >= 0.6 is 0 Å². The Hall–Kier alpha value is -0.600. The van der Waals surface area contributed by atoms with Gasteiger partial charge in [0.05, 0.1) is 6.42 Å². The van der Waals surface area contributed by atoms with Gasteiger partial charge in [-0.05, 0) is 0 Å². The Balaban J connectivity index is 3.30. The Morgan fingerprint density at radius 1 is 0.867 bits per heavy atom. The van der Waals surface area contributed by atoms with Gasteiger partial charge in [-0.3, -0.25) is 0 Å². The molecule has 1 aliphatic rings. The van der Waals surface area contributed by atoms with Crippen LogP contribution in [0.25, 0.3) is 0 Å². The topological polar surface area (TPSA) is 20.2 Å². The molecule has 15 heavy (non-hydrogen) atoms. The highest BCUT2D eigenvalue weighted by Gasteiger charge is 2.85. The molecule has 0 saturated heterocycles. The predicted octanol–water partition coefficient (Wildman–Crippen LogP) is 2.29. The number of hydrogen-bond acceptors (Lipinski definition) is 1. The van der Waals surface area contributed by atoms with Gasteiger partial charge in [0.2, 0.25) is 0 Å². The third-order valence-corrected chi connectivity index (χ3v) is 2.14. The van der Waals surface area contributed by atoms with Crippen LogP contribution < -0.4 is 0 Å². The highest BCUT2D eigenvalue weighted by atomic mass is 19.4. The van der Waals surface area contributed by atoms with Crippen molar-refractivity contribution in [2.45, 2.75) is 36.2 Å². The molecule has 2 unspecified atom stereocenters. The number of aliphatic hydroxyl groups is 1. The molecule has 1 rings (SSSR count). The third-order valence-electron chi connectivity index (χ3n) is 2.14. The molecule has 1 fully saturated rings. The van der Waals surface area contributed by atoms with Crippen molar-refractivity contribution in [1.29, 1.82) is 0 Å². The van der Waals surface area contributed by atoms with Crippen molar-refractivity contribution in [1.82, 2.24) is 0 Å². The molecule has 1 nitrogen and oxygen atoms in total. The summed E-state index contributed by atoms with van der Waals surface area (Å²) in [5.74, 6) is -23.1. The van der Waals surface area contributed by atoms with E-state index < -0.39 is 36.2 Å². The van der Waals surface area contributed by atoms with Crippen molar-refractivity contribution >= 4 is 0 Å². The lowest BCUT2D eigenvalue weighted by Gasteiger charge is -2.44. The van der Waals surface area contributed by atoms with E-state index in [1.807, 2.05) is 0 Å². The lowest BCUT2D eigenvalue weighted by Crippen LogP contribution is -2.71. The first-order chi connectivity index (χ1) is 6.38. The molecule has 9 heteroatoms. The van der Waals surface area contributed by atoms with Crippen molar-refractivity contribution in [3.05, 3.63) is 0 Å². The maximum absolute atomic E-state index is 12.5. The smallest absolute Gasteiger partial charge is 0.357 e. The highest BCUT2D eigenvalue weighted by molar-refractivity contribution is 5.11. The molecule has 0 spiro atoms. The van der Waals surface area contributed by atoms with Crippen LogP contribution in [-0.4, -0.2) is 34.9 Å². The molecule has 1 N–H and O–H groups in total. The summed E-state index contributed by atoms with van der Waals surface area (Å²) in [7, 11) is 0. The number of halogens is 8. The van der Waals surface area contributed by atoms with Crippen LogP contribution in [0.4, 0.5) is 35.1 Å². The van der Waals surface area contributed by atoms with Gasteiger partial charge in [0, 0.05) is 0 Å². The standard InChI is InChI=1S/C6H4F8O/c7-2-1-3(8,15)5(11,12)6(13,14)4(2,9)10/h2,15H,1H2. The second-order valence-corrected chi connectivity index (χ2v) is 3.20. The monoisotopic (exact) mass is 244 g/mol. The fourth-order valence-electron chi connectivity index (χ4n) is 1.14. The van der Waals surface area contributed by atoms with E-state index in [4.69, 9.17) is 5.11 Å². The molecule has 0 aromatic rings. The summed E-state index contributed by atoms with van der Waals surface area (Å²) >= 11 is 0. The van der Waals surface area contributed by atoms with Gasteiger partial charge in [0.15, 0.2) is 6.17 Å². The Morgan fingerprint density at radius 3 is 1.67 bits per heavy atom. The van der Waals surface area contributed by atoms with E-state index in [0.29, 0.717) is 0 Å². The minimum atomic E-state index is -6.29. The quantitative estimate of drug-likeness (QED) is 0.648. The summed E-state index contributed by atoms with van der Waals surface area (Å²) in [6, 6.07) is 0. The molecule has 0 radical (unpaired) electrons. The molecular formula is C6H4F8O. The molecule has 1 aliphatic carbocycles. The number of hydrogen-bond donors (Lipinski definition) is 1. The lowest BCUT2D eigenvalue weighted by atomic mass is 9.83. The van der Waals surface area contributed by atoms with E-state index in [1.165, 1.54) is 0 Å². The maximum atomic E-state index is 12.5. The lowest BCUT2D eigenvalue weighted by molar-refractivity contribution is -0.421. The van der Waals surface area contributed by atoms with E-state index in [9.17, 15) is 35.1 Å². The van der Waals surface area contributed by atoms with Crippen molar-refractivity contribution in [2.24, 2.45) is 0 Å². The third kappa shape index (κ3) is 1.25.